The second kappa shape index (κ2) is 11.6. The lowest BCUT2D eigenvalue weighted by Gasteiger charge is -2.27. The molecule has 6 heteroatoms. The molecule has 2 aromatic rings. The van der Waals surface area contributed by atoms with E-state index in [1.54, 1.807) is 14.2 Å². The zero-order chi connectivity index (χ0) is 22.9. The Labute approximate surface area is 191 Å². The Kier molecular flexibility index (Phi) is 8.54. The number of ether oxygens (including phenoxy) is 3. The van der Waals surface area contributed by atoms with E-state index in [-0.39, 0.29) is 5.97 Å². The molecule has 1 aliphatic heterocycles. The molecule has 0 atom stereocenters. The lowest BCUT2D eigenvalue weighted by atomic mass is 9.99. The van der Waals surface area contributed by atoms with Crippen molar-refractivity contribution < 1.29 is 19.0 Å². The summed E-state index contributed by atoms with van der Waals surface area (Å²) in [6, 6.07) is 10.3. The van der Waals surface area contributed by atoms with Gasteiger partial charge in [-0.25, -0.2) is 4.99 Å². The highest BCUT2D eigenvalue weighted by Crippen LogP contribution is 2.33. The molecule has 3 rings (SSSR count). The van der Waals surface area contributed by atoms with Crippen molar-refractivity contribution in [2.45, 2.75) is 59.1 Å². The van der Waals surface area contributed by atoms with Gasteiger partial charge in [-0.2, -0.15) is 0 Å². The Morgan fingerprint density at radius 1 is 1.06 bits per heavy atom. The van der Waals surface area contributed by atoms with Gasteiger partial charge in [0.2, 0.25) is 0 Å². The summed E-state index contributed by atoms with van der Waals surface area (Å²) in [6.07, 6.45) is 7.33. The van der Waals surface area contributed by atoms with Crippen LogP contribution in [-0.2, 0) is 35.5 Å². The van der Waals surface area contributed by atoms with Crippen LogP contribution in [-0.4, -0.2) is 38.0 Å². The molecular formula is C26H34N2O4. The van der Waals surface area contributed by atoms with Crippen LogP contribution < -0.4 is 9.47 Å². The molecule has 0 amide bonds. The largest absolute Gasteiger partial charge is 0.493 e. The number of carbonyl (C=O) groups excluding carboxylic acids is 1. The van der Waals surface area contributed by atoms with Gasteiger partial charge in [-0.3, -0.25) is 4.79 Å². The summed E-state index contributed by atoms with van der Waals surface area (Å²) in [6.45, 7) is 5.59. The standard InChI is InChI=1S/C26H34N2O4/c1-5-6-7-8-20-9-10-24(13-23(20)17-32-19(2)29)27-18-28-12-11-21-14-25(30-3)26(31-4)15-22(21)16-28/h9-10,13-15,18H,5-8,11-12,16-17H2,1-4H3. The van der Waals surface area contributed by atoms with Crippen molar-refractivity contribution in [3.63, 3.8) is 0 Å². The van der Waals surface area contributed by atoms with Gasteiger partial charge in [0.15, 0.2) is 11.5 Å². The first kappa shape index (κ1) is 23.6. The molecular weight excluding hydrogens is 404 g/mol. The van der Waals surface area contributed by atoms with Gasteiger partial charge in [-0.1, -0.05) is 25.8 Å². The Morgan fingerprint density at radius 3 is 2.50 bits per heavy atom. The summed E-state index contributed by atoms with van der Waals surface area (Å²) in [5, 5.41) is 0. The molecule has 0 fully saturated rings. The molecule has 0 spiro atoms. The number of hydrogen-bond donors (Lipinski definition) is 0. The molecule has 0 saturated heterocycles. The van der Waals surface area contributed by atoms with Crippen molar-refractivity contribution in [1.82, 2.24) is 4.90 Å². The van der Waals surface area contributed by atoms with Crippen LogP contribution in [0.5, 0.6) is 11.5 Å². The third kappa shape index (κ3) is 6.25. The van der Waals surface area contributed by atoms with Crippen LogP contribution in [0.4, 0.5) is 5.69 Å². The molecule has 1 heterocycles. The van der Waals surface area contributed by atoms with Gasteiger partial charge >= 0.3 is 5.97 Å². The van der Waals surface area contributed by atoms with Crippen LogP contribution in [0.15, 0.2) is 35.3 Å². The van der Waals surface area contributed by atoms with Gasteiger partial charge in [0, 0.05) is 20.0 Å². The molecule has 0 unspecified atom stereocenters. The molecule has 1 aliphatic rings. The maximum Gasteiger partial charge on any atom is 0.302 e. The van der Waals surface area contributed by atoms with Gasteiger partial charge in [0.25, 0.3) is 0 Å². The fourth-order valence-corrected chi connectivity index (χ4v) is 3.97. The number of aliphatic imine (C=N–C) groups is 1. The van der Waals surface area contributed by atoms with Crippen molar-refractivity contribution in [3.8, 4) is 11.5 Å². The Morgan fingerprint density at radius 2 is 1.81 bits per heavy atom. The number of carbonyl (C=O) groups is 1. The summed E-state index contributed by atoms with van der Waals surface area (Å²) < 4.78 is 16.2. The topological polar surface area (TPSA) is 60.4 Å². The zero-order valence-electron chi connectivity index (χ0n) is 19.6. The third-order valence-electron chi connectivity index (χ3n) is 5.79. The number of rotatable bonds is 10. The first-order chi connectivity index (χ1) is 15.5. The summed E-state index contributed by atoms with van der Waals surface area (Å²) in [5.41, 5.74) is 5.64. The van der Waals surface area contributed by atoms with Gasteiger partial charge in [-0.15, -0.1) is 0 Å². The zero-order valence-corrected chi connectivity index (χ0v) is 19.6. The highest BCUT2D eigenvalue weighted by atomic mass is 16.5. The minimum atomic E-state index is -0.266. The van der Waals surface area contributed by atoms with Gasteiger partial charge in [0.05, 0.1) is 26.2 Å². The van der Waals surface area contributed by atoms with E-state index in [1.807, 2.05) is 18.5 Å². The molecule has 0 N–H and O–H groups in total. The fourth-order valence-electron chi connectivity index (χ4n) is 3.97. The quantitative estimate of drug-likeness (QED) is 0.220. The molecule has 0 aromatic heterocycles. The summed E-state index contributed by atoms with van der Waals surface area (Å²) in [4.78, 5) is 18.2. The number of hydrogen-bond acceptors (Lipinski definition) is 5. The van der Waals surface area contributed by atoms with Crippen molar-refractivity contribution in [1.29, 1.82) is 0 Å². The van der Waals surface area contributed by atoms with E-state index in [4.69, 9.17) is 19.2 Å². The Hall–Kier alpha value is -3.02. The predicted molar refractivity (Wildman–Crippen MR) is 127 cm³/mol. The SMILES string of the molecule is CCCCCc1ccc(N=CN2CCc3cc(OC)c(OC)cc3C2)cc1COC(C)=O. The Bertz CT molecular complexity index is 955. The van der Waals surface area contributed by atoms with E-state index >= 15 is 0 Å². The fraction of sp³-hybridized carbons (Fsp3) is 0.462. The molecule has 2 aromatic carbocycles. The summed E-state index contributed by atoms with van der Waals surface area (Å²) in [5.74, 6) is 1.25. The van der Waals surface area contributed by atoms with Crippen LogP contribution in [0.2, 0.25) is 0 Å². The lowest BCUT2D eigenvalue weighted by molar-refractivity contribution is -0.142. The summed E-state index contributed by atoms with van der Waals surface area (Å²) in [7, 11) is 3.32. The maximum absolute atomic E-state index is 11.3. The van der Waals surface area contributed by atoms with Crippen LogP contribution in [0, 0.1) is 0 Å². The highest BCUT2D eigenvalue weighted by molar-refractivity contribution is 5.66. The van der Waals surface area contributed by atoms with Crippen LogP contribution >= 0.6 is 0 Å². The normalized spacial score (nSPS) is 13.2. The van der Waals surface area contributed by atoms with Gasteiger partial charge in [-0.05, 0) is 65.8 Å². The van der Waals surface area contributed by atoms with Gasteiger partial charge in [0.1, 0.15) is 6.61 Å². The number of unbranched alkanes of at least 4 members (excludes halogenated alkanes) is 2. The number of nitrogens with zero attached hydrogens (tertiary/aromatic N) is 2. The second-order valence-corrected chi connectivity index (χ2v) is 8.13. The van der Waals surface area contributed by atoms with Crippen molar-refractivity contribution >= 4 is 18.0 Å². The minimum absolute atomic E-state index is 0.266. The molecule has 0 bridgehead atoms. The van der Waals surface area contributed by atoms with E-state index < -0.39 is 0 Å². The maximum atomic E-state index is 11.3. The molecule has 32 heavy (non-hydrogen) atoms. The van der Waals surface area contributed by atoms with Crippen LogP contribution in [0.25, 0.3) is 0 Å². The predicted octanol–water partition coefficient (Wildman–Crippen LogP) is 5.22. The van der Waals surface area contributed by atoms with Crippen LogP contribution in [0.1, 0.15) is 55.4 Å². The average Bonchev–Trinajstić information content (AvgIpc) is 2.81. The third-order valence-corrected chi connectivity index (χ3v) is 5.79. The van der Waals surface area contributed by atoms with Crippen molar-refractivity contribution in [3.05, 3.63) is 52.6 Å². The molecule has 0 radical (unpaired) electrons. The number of aryl methyl sites for hydroxylation is 1. The van der Waals surface area contributed by atoms with Crippen molar-refractivity contribution in [2.24, 2.45) is 4.99 Å². The van der Waals surface area contributed by atoms with E-state index in [9.17, 15) is 4.79 Å². The number of fused-ring (bicyclic) bond motifs is 1. The Balaban J connectivity index is 1.72. The molecule has 172 valence electrons. The lowest BCUT2D eigenvalue weighted by Crippen LogP contribution is -2.29. The van der Waals surface area contributed by atoms with E-state index in [0.717, 1.165) is 55.1 Å². The number of esters is 1. The average molecular weight is 439 g/mol. The monoisotopic (exact) mass is 438 g/mol. The second-order valence-electron chi connectivity index (χ2n) is 8.13. The molecule has 0 aliphatic carbocycles. The highest BCUT2D eigenvalue weighted by Gasteiger charge is 2.18. The van der Waals surface area contributed by atoms with E-state index in [2.05, 4.69) is 30.0 Å². The van der Waals surface area contributed by atoms with Crippen LogP contribution in [0.3, 0.4) is 0 Å². The molecule has 6 nitrogen and oxygen atoms in total. The minimum Gasteiger partial charge on any atom is -0.493 e. The van der Waals surface area contributed by atoms with Gasteiger partial charge < -0.3 is 19.1 Å². The van der Waals surface area contributed by atoms with E-state index in [0.29, 0.717) is 6.61 Å². The van der Waals surface area contributed by atoms with E-state index in [1.165, 1.54) is 36.5 Å². The number of benzene rings is 2. The van der Waals surface area contributed by atoms with Crippen molar-refractivity contribution in [2.75, 3.05) is 20.8 Å². The first-order valence-electron chi connectivity index (χ1n) is 11.3. The molecule has 0 saturated carbocycles. The number of methoxy groups -OCH3 is 2. The summed E-state index contributed by atoms with van der Waals surface area (Å²) >= 11 is 0. The first-order valence-corrected chi connectivity index (χ1v) is 11.3. The smallest absolute Gasteiger partial charge is 0.302 e.